The van der Waals surface area contributed by atoms with Gasteiger partial charge in [0.05, 0.1) is 24.2 Å². The normalized spacial score (nSPS) is 22.1. The SMILES string of the molecule is C#Cc1c(F)ccc2cc(O)cc(-c3ncc4c(N5CCCOCC5)nc(OC[C@]56CCC[C@H]5N(CC5CN(C(=O)OC(C)(C)C(F)(F)F)C5)CCC6)nc4c3F)c12. The van der Waals surface area contributed by atoms with Crippen LogP contribution in [0.15, 0.2) is 30.5 Å². The molecule has 2 aromatic heterocycles. The van der Waals surface area contributed by atoms with Gasteiger partial charge in [0.15, 0.2) is 5.82 Å². The van der Waals surface area contributed by atoms with Crippen LogP contribution in [0.25, 0.3) is 32.9 Å². The molecule has 58 heavy (non-hydrogen) atoms. The summed E-state index contributed by atoms with van der Waals surface area (Å²) < 4.78 is 88.9. The quantitative estimate of drug-likeness (QED) is 0.142. The Bertz CT molecular complexity index is 2270. The maximum Gasteiger partial charge on any atom is 0.427 e. The number of fused-ring (bicyclic) bond motifs is 3. The highest BCUT2D eigenvalue weighted by molar-refractivity contribution is 6.03. The lowest BCUT2D eigenvalue weighted by Gasteiger charge is -2.49. The number of benzene rings is 2. The van der Waals surface area contributed by atoms with Crippen molar-refractivity contribution < 1.29 is 46.1 Å². The number of anilines is 1. The largest absolute Gasteiger partial charge is 0.508 e. The van der Waals surface area contributed by atoms with E-state index in [9.17, 15) is 27.5 Å². The third kappa shape index (κ3) is 7.31. The molecule has 4 fully saturated rings. The van der Waals surface area contributed by atoms with Gasteiger partial charge in [-0.1, -0.05) is 18.4 Å². The first kappa shape index (κ1) is 39.8. The second kappa shape index (κ2) is 15.3. The van der Waals surface area contributed by atoms with Gasteiger partial charge in [-0.3, -0.25) is 9.88 Å². The van der Waals surface area contributed by atoms with Crippen molar-refractivity contribution in [2.75, 3.05) is 64.0 Å². The molecule has 5 heterocycles. The molecule has 4 aliphatic rings. The molecular formula is C42H45F5N6O5. The highest BCUT2D eigenvalue weighted by Gasteiger charge is 2.53. The number of hydrogen-bond acceptors (Lipinski definition) is 10. The third-order valence-corrected chi connectivity index (χ3v) is 12.3. The summed E-state index contributed by atoms with van der Waals surface area (Å²) in [5.74, 6) is 1.25. The average Bonchev–Trinajstić information content (AvgIpc) is 3.41. The van der Waals surface area contributed by atoms with Crippen molar-refractivity contribution in [1.29, 1.82) is 0 Å². The number of likely N-dealkylation sites (tertiary alicyclic amines) is 2. The van der Waals surface area contributed by atoms with Crippen molar-refractivity contribution >= 4 is 33.6 Å². The van der Waals surface area contributed by atoms with Gasteiger partial charge in [-0.2, -0.15) is 23.1 Å². The van der Waals surface area contributed by atoms with E-state index >= 15 is 4.39 Å². The number of carbonyl (C=O) groups is 1. The molecule has 16 heteroatoms. The molecule has 3 aliphatic heterocycles. The number of carbonyl (C=O) groups excluding carboxylic acids is 1. The fourth-order valence-electron chi connectivity index (χ4n) is 9.17. The first-order chi connectivity index (χ1) is 27.7. The summed E-state index contributed by atoms with van der Waals surface area (Å²) in [4.78, 5) is 32.2. The van der Waals surface area contributed by atoms with E-state index in [4.69, 9.17) is 25.6 Å². The zero-order valence-electron chi connectivity index (χ0n) is 32.4. The molecule has 11 nitrogen and oxygen atoms in total. The van der Waals surface area contributed by atoms with E-state index in [1.54, 1.807) is 0 Å². The monoisotopic (exact) mass is 808 g/mol. The van der Waals surface area contributed by atoms with E-state index < -0.39 is 29.5 Å². The standard InChI is InChI=1S/C42H45F5N6O5/c1-4-28-31(43)10-9-26-18-27(54)19-29(33(26)28)35-34(44)36-30(20-48-35)37(51-14-7-16-56-17-15-51)50-38(49-36)57-24-41-11-5-8-32(41)52(13-6-12-41)21-25-22-53(23-25)39(55)58-40(2,3)42(45,46)47/h1,9-10,18-20,25,32,54H,5-8,11-17,21-24H2,2-3H3/t32-,41-/m1/s1. The number of nitrogens with zero attached hydrogens (tertiary/aromatic N) is 6. The minimum absolute atomic E-state index is 0.00748. The lowest BCUT2D eigenvalue weighted by Crippen LogP contribution is -2.59. The first-order valence-corrected chi connectivity index (χ1v) is 19.7. The highest BCUT2D eigenvalue weighted by atomic mass is 19.4. The molecule has 0 radical (unpaired) electrons. The Kier molecular flexibility index (Phi) is 10.5. The van der Waals surface area contributed by atoms with Gasteiger partial charge < -0.3 is 29.1 Å². The fraction of sp³-hybridized carbons (Fsp3) is 0.524. The number of hydrogen-bond donors (Lipinski definition) is 1. The Morgan fingerprint density at radius 3 is 2.64 bits per heavy atom. The topological polar surface area (TPSA) is 113 Å². The highest BCUT2D eigenvalue weighted by Crippen LogP contribution is 2.49. The molecular weight excluding hydrogens is 763 g/mol. The van der Waals surface area contributed by atoms with Gasteiger partial charge in [0.1, 0.15) is 28.6 Å². The van der Waals surface area contributed by atoms with Gasteiger partial charge in [0, 0.05) is 73.9 Å². The van der Waals surface area contributed by atoms with Gasteiger partial charge in [0.25, 0.3) is 0 Å². The molecule has 3 saturated heterocycles. The second-order valence-electron chi connectivity index (χ2n) is 16.4. The maximum atomic E-state index is 17.0. The Morgan fingerprint density at radius 1 is 1.07 bits per heavy atom. The smallest absolute Gasteiger partial charge is 0.427 e. The van der Waals surface area contributed by atoms with Crippen molar-refractivity contribution in [3.63, 3.8) is 0 Å². The predicted octanol–water partition coefficient (Wildman–Crippen LogP) is 7.46. The summed E-state index contributed by atoms with van der Waals surface area (Å²) in [7, 11) is 0. The van der Waals surface area contributed by atoms with E-state index in [0.29, 0.717) is 62.5 Å². The zero-order chi connectivity index (χ0) is 41.0. The number of alkyl halides is 3. The second-order valence-corrected chi connectivity index (χ2v) is 16.4. The van der Waals surface area contributed by atoms with Crippen molar-refractivity contribution in [3.05, 3.63) is 47.7 Å². The number of aromatic hydroxyl groups is 1. The summed E-state index contributed by atoms with van der Waals surface area (Å²) in [6.45, 7) is 6.21. The number of piperidine rings is 1. The van der Waals surface area contributed by atoms with Crippen LogP contribution in [0.3, 0.4) is 0 Å². The summed E-state index contributed by atoms with van der Waals surface area (Å²) in [5.41, 5.74) is -3.03. The number of halogens is 5. The van der Waals surface area contributed by atoms with Gasteiger partial charge in [0.2, 0.25) is 5.60 Å². The summed E-state index contributed by atoms with van der Waals surface area (Å²) in [6, 6.07) is 5.54. The van der Waals surface area contributed by atoms with Crippen LogP contribution in [0, 0.1) is 35.3 Å². The molecule has 308 valence electrons. The van der Waals surface area contributed by atoms with E-state index in [1.807, 2.05) is 4.90 Å². The molecule has 0 bridgehead atoms. The maximum absolute atomic E-state index is 17.0. The molecule has 1 N–H and O–H groups in total. The van der Waals surface area contributed by atoms with Crippen LogP contribution >= 0.6 is 0 Å². The molecule has 4 aromatic rings. The van der Waals surface area contributed by atoms with Crippen LogP contribution in [0.5, 0.6) is 11.8 Å². The van der Waals surface area contributed by atoms with Gasteiger partial charge in [-0.05, 0) is 76.1 Å². The van der Waals surface area contributed by atoms with Gasteiger partial charge >= 0.3 is 18.3 Å². The minimum Gasteiger partial charge on any atom is -0.508 e. The molecule has 1 saturated carbocycles. The minimum atomic E-state index is -4.68. The van der Waals surface area contributed by atoms with Crippen LogP contribution in [-0.4, -0.2) is 113 Å². The number of rotatable bonds is 8. The number of aromatic nitrogens is 3. The molecule has 2 atom stereocenters. The number of ether oxygens (including phenoxy) is 3. The van der Waals surface area contributed by atoms with E-state index in [-0.39, 0.29) is 63.5 Å². The summed E-state index contributed by atoms with van der Waals surface area (Å²) in [6.07, 6.45) is 6.86. The van der Waals surface area contributed by atoms with Crippen LogP contribution in [0.4, 0.5) is 32.6 Å². The van der Waals surface area contributed by atoms with Crippen LogP contribution < -0.4 is 9.64 Å². The number of phenolic OH excluding ortho intramolecular Hbond substituents is 1. The fourth-order valence-corrected chi connectivity index (χ4v) is 9.17. The molecule has 2 aromatic carbocycles. The molecule has 8 rings (SSSR count). The van der Waals surface area contributed by atoms with Crippen molar-refractivity contribution in [3.8, 4) is 35.4 Å². The lowest BCUT2D eigenvalue weighted by atomic mass is 9.75. The Labute approximate surface area is 332 Å². The van der Waals surface area contributed by atoms with Crippen LogP contribution in [0.2, 0.25) is 0 Å². The summed E-state index contributed by atoms with van der Waals surface area (Å²) >= 11 is 0. The van der Waals surface area contributed by atoms with Crippen molar-refractivity contribution in [2.24, 2.45) is 11.3 Å². The molecule has 1 amide bonds. The van der Waals surface area contributed by atoms with Crippen LogP contribution in [0.1, 0.15) is 57.9 Å². The average molecular weight is 809 g/mol. The van der Waals surface area contributed by atoms with Crippen molar-refractivity contribution in [2.45, 2.75) is 70.2 Å². The number of amides is 1. The lowest BCUT2D eigenvalue weighted by molar-refractivity contribution is -0.247. The molecule has 1 aliphatic carbocycles. The van der Waals surface area contributed by atoms with E-state index in [2.05, 4.69) is 20.8 Å². The number of terminal acetylenes is 1. The zero-order valence-corrected chi connectivity index (χ0v) is 32.4. The summed E-state index contributed by atoms with van der Waals surface area (Å²) in [5, 5.41) is 11.6. The molecule has 0 spiro atoms. The third-order valence-electron chi connectivity index (χ3n) is 12.3. The molecule has 0 unspecified atom stereocenters. The number of phenols is 1. The Balaban J connectivity index is 1.07. The van der Waals surface area contributed by atoms with E-state index in [1.165, 1.54) is 35.4 Å². The van der Waals surface area contributed by atoms with Crippen LogP contribution in [-0.2, 0) is 9.47 Å². The Hall–Kier alpha value is -5.01. The van der Waals surface area contributed by atoms with Gasteiger partial charge in [-0.15, -0.1) is 6.42 Å². The Morgan fingerprint density at radius 2 is 1.86 bits per heavy atom. The predicted molar refractivity (Wildman–Crippen MR) is 205 cm³/mol. The number of pyridine rings is 1. The first-order valence-electron chi connectivity index (χ1n) is 19.7. The van der Waals surface area contributed by atoms with Gasteiger partial charge in [-0.25, -0.2) is 13.6 Å². The van der Waals surface area contributed by atoms with E-state index in [0.717, 1.165) is 58.9 Å². The van der Waals surface area contributed by atoms with Crippen molar-refractivity contribution in [1.82, 2.24) is 24.8 Å².